The van der Waals surface area contributed by atoms with Crippen molar-refractivity contribution < 1.29 is 27.3 Å². The smallest absolute Gasteiger partial charge is 0.309 e. The van der Waals surface area contributed by atoms with E-state index in [0.29, 0.717) is 35.7 Å². The lowest BCUT2D eigenvalue weighted by Gasteiger charge is -2.30. The summed E-state index contributed by atoms with van der Waals surface area (Å²) in [6.45, 7) is 3.54. The van der Waals surface area contributed by atoms with Gasteiger partial charge in [-0.05, 0) is 44.4 Å². The Morgan fingerprint density at radius 1 is 1.17 bits per heavy atom. The second-order valence-corrected chi connectivity index (χ2v) is 10.3. The van der Waals surface area contributed by atoms with Crippen molar-refractivity contribution in [3.8, 4) is 11.5 Å². The van der Waals surface area contributed by atoms with Crippen LogP contribution in [0.2, 0.25) is 0 Å². The van der Waals surface area contributed by atoms with Crippen LogP contribution < -0.4 is 0 Å². The van der Waals surface area contributed by atoms with Gasteiger partial charge in [0.1, 0.15) is 18.1 Å². The van der Waals surface area contributed by atoms with E-state index in [1.54, 1.807) is 13.8 Å². The summed E-state index contributed by atoms with van der Waals surface area (Å²) in [4.78, 5) is 27.4. The minimum atomic E-state index is -3.93. The fourth-order valence-electron chi connectivity index (χ4n) is 3.97. The van der Waals surface area contributed by atoms with Crippen LogP contribution in [0.25, 0.3) is 11.5 Å². The van der Waals surface area contributed by atoms with Crippen molar-refractivity contribution in [3.05, 3.63) is 75.7 Å². The van der Waals surface area contributed by atoms with Crippen LogP contribution in [0, 0.1) is 29.9 Å². The Kier molecular flexibility index (Phi) is 6.99. The van der Waals surface area contributed by atoms with Crippen molar-refractivity contribution in [3.63, 3.8) is 0 Å². The monoisotopic (exact) mass is 499 g/mol. The number of sulfonamides is 1. The first kappa shape index (κ1) is 24.6. The van der Waals surface area contributed by atoms with Crippen molar-refractivity contribution in [1.29, 1.82) is 0 Å². The SMILES string of the molecule is Cc1ccc([N+](=O)[O-])cc1S(=O)(=O)N1CCC(C(=O)OCc2nc(-c3ccccc3)oc2C)CC1. The van der Waals surface area contributed by atoms with Crippen LogP contribution in [-0.2, 0) is 26.2 Å². The van der Waals surface area contributed by atoms with Crippen molar-refractivity contribution in [2.75, 3.05) is 13.1 Å². The lowest BCUT2D eigenvalue weighted by molar-refractivity contribution is -0.385. The molecular formula is C24H25N3O7S. The minimum Gasteiger partial charge on any atom is -0.459 e. The molecule has 35 heavy (non-hydrogen) atoms. The number of carbonyl (C=O) groups is 1. The largest absolute Gasteiger partial charge is 0.459 e. The van der Waals surface area contributed by atoms with Gasteiger partial charge in [-0.1, -0.05) is 24.3 Å². The Hall–Kier alpha value is -3.57. The minimum absolute atomic E-state index is 0.0353. The molecule has 0 amide bonds. The van der Waals surface area contributed by atoms with Crippen molar-refractivity contribution in [2.24, 2.45) is 5.92 Å². The zero-order valence-corrected chi connectivity index (χ0v) is 20.2. The quantitative estimate of drug-likeness (QED) is 0.270. The third-order valence-electron chi connectivity index (χ3n) is 6.05. The number of non-ortho nitro benzene ring substituents is 1. The predicted octanol–water partition coefficient (Wildman–Crippen LogP) is 4.01. The third-order valence-corrected chi connectivity index (χ3v) is 8.09. The number of aryl methyl sites for hydroxylation is 2. The van der Waals surface area contributed by atoms with Gasteiger partial charge in [-0.25, -0.2) is 13.4 Å². The fraction of sp³-hybridized carbons (Fsp3) is 0.333. The van der Waals surface area contributed by atoms with Gasteiger partial charge in [-0.2, -0.15) is 4.31 Å². The Morgan fingerprint density at radius 2 is 1.86 bits per heavy atom. The molecule has 0 atom stereocenters. The van der Waals surface area contributed by atoms with Crippen LogP contribution in [0.4, 0.5) is 5.69 Å². The molecule has 0 aliphatic carbocycles. The highest BCUT2D eigenvalue weighted by atomic mass is 32.2. The highest BCUT2D eigenvalue weighted by Crippen LogP contribution is 2.29. The van der Waals surface area contributed by atoms with E-state index in [-0.39, 0.29) is 30.3 Å². The summed E-state index contributed by atoms with van der Waals surface area (Å²) in [6, 6.07) is 13.2. The van der Waals surface area contributed by atoms with Crippen LogP contribution in [-0.4, -0.2) is 41.7 Å². The molecule has 0 unspecified atom stereocenters. The number of nitro benzene ring substituents is 1. The molecule has 1 saturated heterocycles. The number of esters is 1. The second kappa shape index (κ2) is 9.96. The highest BCUT2D eigenvalue weighted by Gasteiger charge is 2.34. The normalized spacial score (nSPS) is 15.1. The number of nitro groups is 1. The van der Waals surface area contributed by atoms with Crippen LogP contribution in [0.15, 0.2) is 57.8 Å². The maximum atomic E-state index is 13.1. The molecule has 0 saturated carbocycles. The Morgan fingerprint density at radius 3 is 2.51 bits per heavy atom. The molecule has 1 fully saturated rings. The first-order valence-electron chi connectivity index (χ1n) is 11.1. The summed E-state index contributed by atoms with van der Waals surface area (Å²) >= 11 is 0. The Balaban J connectivity index is 1.36. The summed E-state index contributed by atoms with van der Waals surface area (Å²) in [7, 11) is -3.93. The van der Waals surface area contributed by atoms with E-state index in [0.717, 1.165) is 11.6 Å². The van der Waals surface area contributed by atoms with Crippen molar-refractivity contribution in [2.45, 2.75) is 38.2 Å². The number of hydrogen-bond donors (Lipinski definition) is 0. The van der Waals surface area contributed by atoms with Gasteiger partial charge in [0.2, 0.25) is 15.9 Å². The zero-order valence-electron chi connectivity index (χ0n) is 19.3. The zero-order chi connectivity index (χ0) is 25.2. The van der Waals surface area contributed by atoms with Gasteiger partial charge in [0.25, 0.3) is 5.69 Å². The number of carbonyl (C=O) groups excluding carboxylic acids is 1. The summed E-state index contributed by atoms with van der Waals surface area (Å²) in [5.41, 5.74) is 1.49. The van der Waals surface area contributed by atoms with Gasteiger partial charge in [-0.15, -0.1) is 0 Å². The molecule has 2 aromatic carbocycles. The Labute approximate surface area is 202 Å². The Bertz CT molecular complexity index is 1340. The molecule has 0 bridgehead atoms. The molecule has 1 aliphatic heterocycles. The van der Waals surface area contributed by atoms with E-state index in [1.807, 2.05) is 30.3 Å². The maximum absolute atomic E-state index is 13.1. The average Bonchev–Trinajstić information content (AvgIpc) is 3.23. The number of oxazole rings is 1. The highest BCUT2D eigenvalue weighted by molar-refractivity contribution is 7.89. The van der Waals surface area contributed by atoms with E-state index < -0.39 is 26.8 Å². The average molecular weight is 500 g/mol. The molecule has 0 spiro atoms. The first-order chi connectivity index (χ1) is 16.7. The van der Waals surface area contributed by atoms with Crippen molar-refractivity contribution >= 4 is 21.7 Å². The summed E-state index contributed by atoms with van der Waals surface area (Å²) in [5.74, 6) is 0.139. The van der Waals surface area contributed by atoms with Crippen LogP contribution in [0.3, 0.4) is 0 Å². The number of hydrogen-bond acceptors (Lipinski definition) is 8. The number of nitrogens with zero attached hydrogens (tertiary/aromatic N) is 3. The molecule has 1 aromatic heterocycles. The lowest BCUT2D eigenvalue weighted by atomic mass is 9.98. The van der Waals surface area contributed by atoms with Crippen molar-refractivity contribution in [1.82, 2.24) is 9.29 Å². The molecule has 0 radical (unpaired) electrons. The fourth-order valence-corrected chi connectivity index (χ4v) is 5.69. The summed E-state index contributed by atoms with van der Waals surface area (Å²) in [6.07, 6.45) is 0.582. The van der Waals surface area contributed by atoms with Gasteiger partial charge in [0.15, 0.2) is 0 Å². The van der Waals surface area contributed by atoms with E-state index >= 15 is 0 Å². The molecule has 10 nitrogen and oxygen atoms in total. The predicted molar refractivity (Wildman–Crippen MR) is 126 cm³/mol. The first-order valence-corrected chi connectivity index (χ1v) is 12.5. The molecular weight excluding hydrogens is 474 g/mol. The number of piperidine rings is 1. The molecule has 2 heterocycles. The standard InChI is InChI=1S/C24H25N3O7S/c1-16-8-9-20(27(29)30)14-22(16)35(31,32)26-12-10-19(11-13-26)24(28)33-15-21-17(2)34-23(25-21)18-6-4-3-5-7-18/h3-9,14,19H,10-13,15H2,1-2H3. The van der Waals surface area contributed by atoms with Crippen LogP contribution >= 0.6 is 0 Å². The number of ether oxygens (including phenoxy) is 1. The van der Waals surface area contributed by atoms with Gasteiger partial charge in [0.05, 0.1) is 15.7 Å². The number of benzene rings is 2. The van der Waals surface area contributed by atoms with Crippen LogP contribution in [0.1, 0.15) is 29.9 Å². The molecule has 3 aromatic rings. The molecule has 184 valence electrons. The second-order valence-electron chi connectivity index (χ2n) is 8.38. The molecule has 11 heteroatoms. The topological polar surface area (TPSA) is 133 Å². The van der Waals surface area contributed by atoms with Crippen LogP contribution in [0.5, 0.6) is 0 Å². The number of aromatic nitrogens is 1. The summed E-state index contributed by atoms with van der Waals surface area (Å²) < 4.78 is 38.6. The van der Waals surface area contributed by atoms with Gasteiger partial charge in [-0.3, -0.25) is 14.9 Å². The molecule has 1 aliphatic rings. The van der Waals surface area contributed by atoms with E-state index in [1.165, 1.54) is 16.4 Å². The van der Waals surface area contributed by atoms with E-state index in [9.17, 15) is 23.3 Å². The van der Waals surface area contributed by atoms with Gasteiger partial charge in [0, 0.05) is 30.8 Å². The number of rotatable bonds is 7. The van der Waals surface area contributed by atoms with Gasteiger partial charge < -0.3 is 9.15 Å². The maximum Gasteiger partial charge on any atom is 0.309 e. The molecule has 4 rings (SSSR count). The lowest BCUT2D eigenvalue weighted by Crippen LogP contribution is -2.40. The summed E-state index contributed by atoms with van der Waals surface area (Å²) in [5, 5.41) is 11.1. The van der Waals surface area contributed by atoms with Gasteiger partial charge >= 0.3 is 5.97 Å². The van der Waals surface area contributed by atoms with E-state index in [4.69, 9.17) is 9.15 Å². The van der Waals surface area contributed by atoms with E-state index in [2.05, 4.69) is 4.98 Å². The third kappa shape index (κ3) is 5.25. The molecule has 0 N–H and O–H groups in total.